The number of nitrogens with zero attached hydrogens (tertiary/aromatic N) is 2. The monoisotopic (exact) mass is 365 g/mol. The molecule has 8 nitrogen and oxygen atoms in total. The number of benzene rings is 1. The van der Waals surface area contributed by atoms with Gasteiger partial charge in [-0.3, -0.25) is 19.7 Å². The van der Waals surface area contributed by atoms with Crippen LogP contribution in [0.2, 0.25) is 0 Å². The van der Waals surface area contributed by atoms with Gasteiger partial charge in [-0.15, -0.1) is 0 Å². The van der Waals surface area contributed by atoms with E-state index in [1.165, 1.54) is 0 Å². The van der Waals surface area contributed by atoms with Crippen molar-refractivity contribution in [1.82, 2.24) is 15.2 Å². The quantitative estimate of drug-likeness (QED) is 0.697. The zero-order chi connectivity index (χ0) is 19.0. The number of amides is 3. The average molecular weight is 365 g/mol. The zero-order valence-electron chi connectivity index (χ0n) is 14.6. The smallest absolute Gasteiger partial charge is 0.255 e. The van der Waals surface area contributed by atoms with Gasteiger partial charge in [0.15, 0.2) is 0 Å². The summed E-state index contributed by atoms with van der Waals surface area (Å²) in [5.41, 5.74) is 9.02. The number of hydrogen-bond acceptors (Lipinski definition) is 6. The molecule has 3 heterocycles. The van der Waals surface area contributed by atoms with E-state index in [9.17, 15) is 14.4 Å². The predicted molar refractivity (Wildman–Crippen MR) is 98.5 cm³/mol. The lowest BCUT2D eigenvalue weighted by Crippen LogP contribution is -2.52. The first-order chi connectivity index (χ1) is 13.0. The summed E-state index contributed by atoms with van der Waals surface area (Å²) >= 11 is 0. The number of nitrogen functional groups attached to an aromatic ring is 1. The molecule has 2 aliphatic heterocycles. The summed E-state index contributed by atoms with van der Waals surface area (Å²) in [6, 6.07) is 8.52. The maximum Gasteiger partial charge on any atom is 0.255 e. The van der Waals surface area contributed by atoms with E-state index in [0.717, 1.165) is 16.8 Å². The van der Waals surface area contributed by atoms with Gasteiger partial charge in [0.2, 0.25) is 11.8 Å². The van der Waals surface area contributed by atoms with E-state index in [-0.39, 0.29) is 18.2 Å². The molecule has 3 amide bonds. The van der Waals surface area contributed by atoms with Gasteiger partial charge in [-0.05, 0) is 29.7 Å². The second-order valence-corrected chi connectivity index (χ2v) is 6.67. The Balaban J connectivity index is 1.54. The molecule has 1 saturated heterocycles. The lowest BCUT2D eigenvalue weighted by molar-refractivity contribution is -0.136. The summed E-state index contributed by atoms with van der Waals surface area (Å²) in [5.74, 6) is -0.437. The number of pyridine rings is 1. The van der Waals surface area contributed by atoms with Crippen LogP contribution in [-0.2, 0) is 22.7 Å². The molecule has 8 heteroatoms. The Morgan fingerprint density at radius 1 is 1.26 bits per heavy atom. The third kappa shape index (κ3) is 3.21. The van der Waals surface area contributed by atoms with Crippen molar-refractivity contribution in [2.75, 3.05) is 11.1 Å². The fourth-order valence-corrected chi connectivity index (χ4v) is 3.57. The minimum Gasteiger partial charge on any atom is -0.384 e. The molecule has 4 rings (SSSR count). The predicted octanol–water partition coefficient (Wildman–Crippen LogP) is 1.04. The van der Waals surface area contributed by atoms with Crippen LogP contribution in [0.25, 0.3) is 0 Å². The molecule has 0 radical (unpaired) electrons. The highest BCUT2D eigenvalue weighted by molar-refractivity contribution is 6.05. The Hall–Kier alpha value is -3.42. The molecule has 0 aliphatic carbocycles. The molecule has 0 bridgehead atoms. The number of anilines is 2. The molecule has 2 aromatic rings. The first-order valence-electron chi connectivity index (χ1n) is 8.74. The lowest BCUT2D eigenvalue weighted by atomic mass is 10.0. The number of aromatic nitrogens is 1. The standard InChI is InChI=1S/C19H19N5O3/c20-16-8-12(6-7-21-16)22-9-11-2-1-3-13-14(11)10-24(19(13)27)15-4-5-17(25)23-18(15)26/h1-3,6-8,15H,4-5,9-10H2,(H3,20,21,22)(H,23,25,26). The Labute approximate surface area is 155 Å². The number of nitrogens with two attached hydrogens (primary N) is 1. The van der Waals surface area contributed by atoms with Gasteiger partial charge in [-0.2, -0.15) is 0 Å². The molecule has 2 aliphatic rings. The lowest BCUT2D eigenvalue weighted by Gasteiger charge is -2.29. The highest BCUT2D eigenvalue weighted by atomic mass is 16.2. The molecule has 0 saturated carbocycles. The van der Waals surface area contributed by atoms with E-state index in [4.69, 9.17) is 5.73 Å². The van der Waals surface area contributed by atoms with E-state index in [1.54, 1.807) is 23.2 Å². The third-order valence-electron chi connectivity index (χ3n) is 4.94. The van der Waals surface area contributed by atoms with Crippen molar-refractivity contribution in [1.29, 1.82) is 0 Å². The van der Waals surface area contributed by atoms with Gasteiger partial charge in [0.05, 0.1) is 0 Å². The van der Waals surface area contributed by atoms with Crippen LogP contribution in [0, 0.1) is 0 Å². The highest BCUT2D eigenvalue weighted by Crippen LogP contribution is 2.30. The Kier molecular flexibility index (Phi) is 4.23. The first-order valence-corrected chi connectivity index (χ1v) is 8.74. The number of hydrogen-bond donors (Lipinski definition) is 3. The topological polar surface area (TPSA) is 117 Å². The van der Waals surface area contributed by atoms with Crippen LogP contribution in [0.5, 0.6) is 0 Å². The normalized spacial score (nSPS) is 19.0. The van der Waals surface area contributed by atoms with Crippen molar-refractivity contribution in [2.24, 2.45) is 0 Å². The zero-order valence-corrected chi connectivity index (χ0v) is 14.6. The molecule has 1 unspecified atom stereocenters. The number of carbonyl (C=O) groups is 3. The molecule has 1 atom stereocenters. The fourth-order valence-electron chi connectivity index (χ4n) is 3.57. The van der Waals surface area contributed by atoms with E-state index < -0.39 is 11.9 Å². The number of rotatable bonds is 4. The maximum atomic E-state index is 12.8. The summed E-state index contributed by atoms with van der Waals surface area (Å²) < 4.78 is 0. The van der Waals surface area contributed by atoms with Gasteiger partial charge in [-0.1, -0.05) is 12.1 Å². The molecule has 1 aromatic carbocycles. The van der Waals surface area contributed by atoms with E-state index >= 15 is 0 Å². The molecule has 1 fully saturated rings. The highest BCUT2D eigenvalue weighted by Gasteiger charge is 2.39. The average Bonchev–Trinajstić information content (AvgIpc) is 2.97. The van der Waals surface area contributed by atoms with Gasteiger partial charge in [-0.25, -0.2) is 4.98 Å². The summed E-state index contributed by atoms with van der Waals surface area (Å²) in [6.07, 6.45) is 2.23. The minimum absolute atomic E-state index is 0.172. The van der Waals surface area contributed by atoms with Crippen LogP contribution in [0.4, 0.5) is 11.5 Å². The number of fused-ring (bicyclic) bond motifs is 1. The summed E-state index contributed by atoms with van der Waals surface area (Å²) in [5, 5.41) is 5.60. The molecule has 4 N–H and O–H groups in total. The Bertz CT molecular complexity index is 943. The van der Waals surface area contributed by atoms with Gasteiger partial charge < -0.3 is 16.0 Å². The van der Waals surface area contributed by atoms with Crippen LogP contribution < -0.4 is 16.4 Å². The second kappa shape index (κ2) is 6.71. The van der Waals surface area contributed by atoms with Crippen molar-refractivity contribution in [2.45, 2.75) is 32.0 Å². The molecule has 1 aromatic heterocycles. The van der Waals surface area contributed by atoms with Crippen LogP contribution in [0.3, 0.4) is 0 Å². The number of piperidine rings is 1. The van der Waals surface area contributed by atoms with E-state index in [2.05, 4.69) is 15.6 Å². The fraction of sp³-hybridized carbons (Fsp3) is 0.263. The van der Waals surface area contributed by atoms with E-state index in [1.807, 2.05) is 18.2 Å². The second-order valence-electron chi connectivity index (χ2n) is 6.67. The SMILES string of the molecule is Nc1cc(NCc2cccc3c2CN(C2CCC(=O)NC2=O)C3=O)ccn1. The third-order valence-corrected chi connectivity index (χ3v) is 4.94. The molecule has 0 spiro atoms. The first kappa shape index (κ1) is 17.0. The molecular weight excluding hydrogens is 346 g/mol. The van der Waals surface area contributed by atoms with Crippen molar-refractivity contribution in [3.63, 3.8) is 0 Å². The molecular formula is C19H19N5O3. The van der Waals surface area contributed by atoms with Crippen LogP contribution in [-0.4, -0.2) is 33.6 Å². The van der Waals surface area contributed by atoms with Gasteiger partial charge in [0, 0.05) is 43.0 Å². The minimum atomic E-state index is -0.608. The van der Waals surface area contributed by atoms with Crippen molar-refractivity contribution in [3.05, 3.63) is 53.2 Å². The van der Waals surface area contributed by atoms with Crippen molar-refractivity contribution < 1.29 is 14.4 Å². The summed E-state index contributed by atoms with van der Waals surface area (Å²) in [7, 11) is 0. The largest absolute Gasteiger partial charge is 0.384 e. The van der Waals surface area contributed by atoms with Crippen LogP contribution >= 0.6 is 0 Å². The number of carbonyl (C=O) groups excluding carboxylic acids is 3. The van der Waals surface area contributed by atoms with Crippen LogP contribution in [0.1, 0.15) is 34.3 Å². The van der Waals surface area contributed by atoms with Gasteiger partial charge >= 0.3 is 0 Å². The Morgan fingerprint density at radius 3 is 2.89 bits per heavy atom. The summed E-state index contributed by atoms with van der Waals surface area (Å²) in [4.78, 5) is 41.9. The maximum absolute atomic E-state index is 12.8. The van der Waals surface area contributed by atoms with Crippen molar-refractivity contribution >= 4 is 29.2 Å². The van der Waals surface area contributed by atoms with Gasteiger partial charge in [0.25, 0.3) is 5.91 Å². The Morgan fingerprint density at radius 2 is 2.11 bits per heavy atom. The van der Waals surface area contributed by atoms with Crippen LogP contribution in [0.15, 0.2) is 36.5 Å². The molecule has 27 heavy (non-hydrogen) atoms. The van der Waals surface area contributed by atoms with E-state index in [0.29, 0.717) is 30.9 Å². The number of nitrogens with one attached hydrogen (secondary N) is 2. The molecule has 138 valence electrons. The van der Waals surface area contributed by atoms with Gasteiger partial charge in [0.1, 0.15) is 11.9 Å². The number of imide groups is 1. The summed E-state index contributed by atoms with van der Waals surface area (Å²) in [6.45, 7) is 0.875. The van der Waals surface area contributed by atoms with Crippen molar-refractivity contribution in [3.8, 4) is 0 Å².